The molecule has 0 atom stereocenters. The minimum Gasteiger partial charge on any atom is -0.870 e. The Balaban J connectivity index is 0.000000853. The monoisotopic (exact) mass is 267 g/mol. The van der Waals surface area contributed by atoms with E-state index in [4.69, 9.17) is 0 Å². The molecule has 2 N–H and O–H groups in total. The first-order chi connectivity index (χ1) is 6.48. The molecule has 0 amide bonds. The molecule has 0 spiro atoms. The van der Waals surface area contributed by atoms with Gasteiger partial charge in [0.05, 0.1) is 26.7 Å². The smallest absolute Gasteiger partial charge is 0.870 e. The molecule has 4 saturated carbocycles. The largest absolute Gasteiger partial charge is 1.00 e. The molecule has 0 heterocycles. The van der Waals surface area contributed by atoms with Gasteiger partial charge in [-0.1, -0.05) is 0 Å². The Morgan fingerprint density at radius 2 is 1.06 bits per heavy atom. The number of nitrogens with zero attached hydrogens (tertiary/aromatic N) is 1. The standard InChI is InChI=1S/C13H24N.K.2H2O/c1-14(2,3)13-7-10-4-11(8-13)6-12(5-10)9-13;;;/h10-12H,4-9H2,1-3H3;;2*1H2/q2*+1;;/p-2. The first-order valence-electron chi connectivity index (χ1n) is 6.30. The summed E-state index contributed by atoms with van der Waals surface area (Å²) in [7, 11) is 7.27. The van der Waals surface area contributed by atoms with Gasteiger partial charge < -0.3 is 15.4 Å². The van der Waals surface area contributed by atoms with E-state index in [9.17, 15) is 0 Å². The van der Waals surface area contributed by atoms with Crippen LogP contribution in [0.1, 0.15) is 38.5 Å². The predicted octanol–water partition coefficient (Wildman–Crippen LogP) is -0.688. The third kappa shape index (κ3) is 3.00. The molecule has 4 bridgehead atoms. The molecule has 3 nitrogen and oxygen atoms in total. The van der Waals surface area contributed by atoms with Crippen LogP contribution in [0.15, 0.2) is 0 Å². The van der Waals surface area contributed by atoms with E-state index in [1.54, 1.807) is 19.3 Å². The van der Waals surface area contributed by atoms with Crippen molar-refractivity contribution < 1.29 is 66.8 Å². The van der Waals surface area contributed by atoms with Crippen LogP contribution in [0.4, 0.5) is 0 Å². The van der Waals surface area contributed by atoms with Crippen LogP contribution in [0.3, 0.4) is 0 Å². The first-order valence-corrected chi connectivity index (χ1v) is 6.30. The molecule has 0 aromatic rings. The van der Waals surface area contributed by atoms with Crippen molar-refractivity contribution in [2.24, 2.45) is 17.8 Å². The second kappa shape index (κ2) is 5.88. The maximum atomic E-state index is 2.42. The molecule has 96 valence electrons. The van der Waals surface area contributed by atoms with Crippen molar-refractivity contribution in [1.82, 2.24) is 0 Å². The molecule has 0 radical (unpaired) electrons. The summed E-state index contributed by atoms with van der Waals surface area (Å²) in [4.78, 5) is 0. The fourth-order valence-corrected chi connectivity index (χ4v) is 4.89. The van der Waals surface area contributed by atoms with Crippen LogP contribution in [-0.2, 0) is 0 Å². The van der Waals surface area contributed by atoms with Crippen molar-refractivity contribution in [1.29, 1.82) is 0 Å². The molecule has 4 aliphatic rings. The van der Waals surface area contributed by atoms with E-state index < -0.39 is 0 Å². The summed E-state index contributed by atoms with van der Waals surface area (Å²) >= 11 is 0. The minimum atomic E-state index is 0. The maximum absolute atomic E-state index is 2.42. The van der Waals surface area contributed by atoms with Gasteiger partial charge in [0.25, 0.3) is 0 Å². The molecule has 0 aliphatic heterocycles. The van der Waals surface area contributed by atoms with Crippen molar-refractivity contribution in [2.75, 3.05) is 21.1 Å². The zero-order chi connectivity index (χ0) is 9.97. The Hall–Kier alpha value is 1.52. The maximum Gasteiger partial charge on any atom is 1.00 e. The minimum absolute atomic E-state index is 0. The van der Waals surface area contributed by atoms with Crippen molar-refractivity contribution >= 4 is 0 Å². The molecular formula is C13H26KNO2. The van der Waals surface area contributed by atoms with Gasteiger partial charge in [0.15, 0.2) is 0 Å². The van der Waals surface area contributed by atoms with Crippen molar-refractivity contribution in [2.45, 2.75) is 44.1 Å². The predicted molar refractivity (Wildman–Crippen MR) is 62.8 cm³/mol. The molecule has 4 heteroatoms. The normalized spacial score (nSPS) is 42.2. The van der Waals surface area contributed by atoms with Gasteiger partial charge in [-0.15, -0.1) is 0 Å². The Morgan fingerprint density at radius 1 is 0.765 bits per heavy atom. The van der Waals surface area contributed by atoms with Crippen LogP contribution in [0.2, 0.25) is 0 Å². The van der Waals surface area contributed by atoms with Crippen molar-refractivity contribution in [3.8, 4) is 0 Å². The van der Waals surface area contributed by atoms with Crippen LogP contribution in [0, 0.1) is 17.8 Å². The van der Waals surface area contributed by atoms with Gasteiger partial charge in [-0.05, 0) is 37.0 Å². The molecule has 4 fully saturated rings. The van der Waals surface area contributed by atoms with E-state index >= 15 is 0 Å². The Bertz CT molecular complexity index is 227. The molecule has 0 aromatic carbocycles. The first kappa shape index (κ1) is 18.5. The van der Waals surface area contributed by atoms with E-state index in [0.717, 1.165) is 17.8 Å². The van der Waals surface area contributed by atoms with Crippen molar-refractivity contribution in [3.63, 3.8) is 0 Å². The number of quaternary nitrogens is 1. The van der Waals surface area contributed by atoms with Gasteiger partial charge >= 0.3 is 51.4 Å². The second-order valence-corrected chi connectivity index (χ2v) is 7.15. The Kier molecular flexibility index (Phi) is 6.40. The number of rotatable bonds is 1. The van der Waals surface area contributed by atoms with E-state index in [1.165, 1.54) is 23.7 Å². The summed E-state index contributed by atoms with van der Waals surface area (Å²) in [5, 5.41) is 0. The van der Waals surface area contributed by atoms with Crippen LogP contribution < -0.4 is 51.4 Å². The second-order valence-electron chi connectivity index (χ2n) is 7.15. The average Bonchev–Trinajstić information content (AvgIpc) is 1.98. The molecule has 4 aliphatic carbocycles. The topological polar surface area (TPSA) is 60.0 Å². The van der Waals surface area contributed by atoms with Crippen LogP contribution in [0.5, 0.6) is 0 Å². The third-order valence-electron chi connectivity index (χ3n) is 5.43. The zero-order valence-corrected chi connectivity index (χ0v) is 14.9. The van der Waals surface area contributed by atoms with Gasteiger partial charge in [-0.25, -0.2) is 0 Å². The SMILES string of the molecule is C[N+](C)(C)C12CC3CC(CC(C3)C1)C2.[K+].[OH-].[OH-]. The molecule has 17 heavy (non-hydrogen) atoms. The summed E-state index contributed by atoms with van der Waals surface area (Å²) in [6, 6.07) is 0. The van der Waals surface area contributed by atoms with Crippen LogP contribution >= 0.6 is 0 Å². The van der Waals surface area contributed by atoms with Crippen LogP contribution in [-0.4, -0.2) is 42.1 Å². The molecule has 0 unspecified atom stereocenters. The summed E-state index contributed by atoms with van der Waals surface area (Å²) in [6.45, 7) is 0. The fourth-order valence-electron chi connectivity index (χ4n) is 4.89. The summed E-state index contributed by atoms with van der Waals surface area (Å²) < 4.78 is 1.22. The van der Waals surface area contributed by atoms with Gasteiger partial charge in [0.1, 0.15) is 0 Å². The molecule has 0 saturated heterocycles. The zero-order valence-electron chi connectivity index (χ0n) is 11.8. The van der Waals surface area contributed by atoms with Gasteiger partial charge in [-0.2, -0.15) is 0 Å². The van der Waals surface area contributed by atoms with E-state index in [-0.39, 0.29) is 62.3 Å². The van der Waals surface area contributed by atoms with E-state index in [0.29, 0.717) is 5.54 Å². The summed E-state index contributed by atoms with van der Waals surface area (Å²) in [5.74, 6) is 3.29. The van der Waals surface area contributed by atoms with Crippen LogP contribution in [0.25, 0.3) is 0 Å². The molecule has 0 aromatic heterocycles. The third-order valence-corrected chi connectivity index (χ3v) is 5.43. The summed E-state index contributed by atoms with van der Waals surface area (Å²) in [6.07, 6.45) is 9.30. The van der Waals surface area contributed by atoms with E-state index in [2.05, 4.69) is 21.1 Å². The Labute approximate surface area is 148 Å². The molecule has 4 rings (SSSR count). The van der Waals surface area contributed by atoms with E-state index in [1.807, 2.05) is 0 Å². The Morgan fingerprint density at radius 3 is 1.29 bits per heavy atom. The number of hydrogen-bond donors (Lipinski definition) is 0. The van der Waals surface area contributed by atoms with Crippen molar-refractivity contribution in [3.05, 3.63) is 0 Å². The van der Waals surface area contributed by atoms with Gasteiger partial charge in [0, 0.05) is 19.3 Å². The number of hydrogen-bond acceptors (Lipinski definition) is 2. The average molecular weight is 267 g/mol. The fraction of sp³-hybridized carbons (Fsp3) is 1.00. The summed E-state index contributed by atoms with van der Waals surface area (Å²) in [5.41, 5.74) is 0.675. The quantitative estimate of drug-likeness (QED) is 0.466. The molecular weight excluding hydrogens is 241 g/mol. The van der Waals surface area contributed by atoms with Gasteiger partial charge in [-0.3, -0.25) is 0 Å². The van der Waals surface area contributed by atoms with Gasteiger partial charge in [0.2, 0.25) is 0 Å².